The topological polar surface area (TPSA) is 83.2 Å². The van der Waals surface area contributed by atoms with Crippen LogP contribution in [0.15, 0.2) is 76.9 Å². The van der Waals surface area contributed by atoms with E-state index >= 15 is 0 Å². The molecule has 0 saturated carbocycles. The lowest BCUT2D eigenvalue weighted by atomic mass is 9.99. The summed E-state index contributed by atoms with van der Waals surface area (Å²) in [5.41, 5.74) is 2.68. The van der Waals surface area contributed by atoms with Crippen molar-refractivity contribution in [3.05, 3.63) is 95.0 Å². The van der Waals surface area contributed by atoms with Crippen LogP contribution >= 0.6 is 0 Å². The molecule has 1 fully saturated rings. The summed E-state index contributed by atoms with van der Waals surface area (Å²) >= 11 is 0. The largest absolute Gasteiger partial charge is 0.507 e. The molecule has 7 heteroatoms. The molecule has 4 rings (SSSR count). The van der Waals surface area contributed by atoms with Gasteiger partial charge in [0.05, 0.1) is 11.8 Å². The Labute approximate surface area is 211 Å². The number of amides is 1. The molecule has 188 valence electrons. The highest BCUT2D eigenvalue weighted by molar-refractivity contribution is 6.46. The Balaban J connectivity index is 1.59. The van der Waals surface area contributed by atoms with Gasteiger partial charge in [0.1, 0.15) is 29.9 Å². The molecule has 7 nitrogen and oxygen atoms in total. The van der Waals surface area contributed by atoms with Gasteiger partial charge in [-0.1, -0.05) is 43.7 Å². The normalized spacial score (nSPS) is 17.2. The average Bonchev–Trinajstić information content (AvgIpc) is 3.50. The van der Waals surface area contributed by atoms with Crippen LogP contribution in [0.4, 0.5) is 0 Å². The van der Waals surface area contributed by atoms with Crippen LogP contribution in [-0.4, -0.2) is 52.8 Å². The first kappa shape index (κ1) is 25.3. The van der Waals surface area contributed by atoms with E-state index in [9.17, 15) is 14.7 Å². The van der Waals surface area contributed by atoms with Crippen molar-refractivity contribution < 1.29 is 23.8 Å². The number of likely N-dealkylation sites (N-methyl/N-ethyl adjacent to an activating group) is 1. The first-order valence-corrected chi connectivity index (χ1v) is 12.3. The molecular formula is C29H32N2O5. The van der Waals surface area contributed by atoms with Crippen LogP contribution in [0.3, 0.4) is 0 Å². The van der Waals surface area contributed by atoms with E-state index in [4.69, 9.17) is 9.15 Å². The van der Waals surface area contributed by atoms with Crippen molar-refractivity contribution in [3.63, 3.8) is 0 Å². The molecule has 2 heterocycles. The monoisotopic (exact) mass is 488 g/mol. The standard InChI is InChI=1S/C29H32N2O5/c1-4-30(5-2)15-16-31-26(24-10-7-17-35-24)25(28(33)29(31)34)27(32)22-11-13-23(14-12-22)36-19-21-9-6-8-20(3)18-21/h6-14,17-18,26,32H,4-5,15-16,19H2,1-3H3/t26-/m1/s1. The molecule has 1 amide bonds. The summed E-state index contributed by atoms with van der Waals surface area (Å²) in [6.07, 6.45) is 1.50. The molecule has 0 unspecified atom stereocenters. The maximum absolute atomic E-state index is 13.1. The Morgan fingerprint density at radius 2 is 1.81 bits per heavy atom. The second kappa shape index (κ2) is 11.3. The first-order chi connectivity index (χ1) is 17.4. The number of hydrogen-bond donors (Lipinski definition) is 1. The molecule has 36 heavy (non-hydrogen) atoms. The van der Waals surface area contributed by atoms with Gasteiger partial charge in [-0.2, -0.15) is 0 Å². The zero-order valence-electron chi connectivity index (χ0n) is 20.9. The van der Waals surface area contributed by atoms with Gasteiger partial charge in [0.15, 0.2) is 0 Å². The smallest absolute Gasteiger partial charge is 0.295 e. The zero-order chi connectivity index (χ0) is 25.7. The van der Waals surface area contributed by atoms with Crippen molar-refractivity contribution in [2.45, 2.75) is 33.4 Å². The Morgan fingerprint density at radius 1 is 1.06 bits per heavy atom. The van der Waals surface area contributed by atoms with Gasteiger partial charge in [-0.15, -0.1) is 0 Å². The summed E-state index contributed by atoms with van der Waals surface area (Å²) in [4.78, 5) is 29.7. The average molecular weight is 489 g/mol. The van der Waals surface area contributed by atoms with Gasteiger partial charge in [0.2, 0.25) is 0 Å². The van der Waals surface area contributed by atoms with Gasteiger partial charge in [0, 0.05) is 18.7 Å². The number of hydrogen-bond acceptors (Lipinski definition) is 6. The second-order valence-corrected chi connectivity index (χ2v) is 8.84. The molecule has 1 aromatic heterocycles. The Hall–Kier alpha value is -3.84. The van der Waals surface area contributed by atoms with Gasteiger partial charge in [-0.05, 0) is 62.0 Å². The fourth-order valence-corrected chi connectivity index (χ4v) is 4.48. The van der Waals surface area contributed by atoms with Crippen LogP contribution in [-0.2, 0) is 16.2 Å². The highest BCUT2D eigenvalue weighted by atomic mass is 16.5. The van der Waals surface area contributed by atoms with Crippen LogP contribution in [0.25, 0.3) is 5.76 Å². The number of aryl methyl sites for hydroxylation is 1. The number of ketones is 1. The minimum absolute atomic E-state index is 0.0305. The van der Waals surface area contributed by atoms with Crippen molar-refractivity contribution in [1.29, 1.82) is 0 Å². The number of benzene rings is 2. The molecule has 1 N–H and O–H groups in total. The molecule has 0 radical (unpaired) electrons. The fourth-order valence-electron chi connectivity index (χ4n) is 4.48. The SMILES string of the molecule is CCN(CC)CCN1C(=O)C(=O)C(=C(O)c2ccc(OCc3cccc(C)c3)cc2)[C@H]1c1ccco1. The maximum Gasteiger partial charge on any atom is 0.295 e. The van der Waals surface area contributed by atoms with Crippen molar-refractivity contribution in [1.82, 2.24) is 9.80 Å². The zero-order valence-corrected chi connectivity index (χ0v) is 20.9. The van der Waals surface area contributed by atoms with Crippen LogP contribution in [0.1, 0.15) is 42.3 Å². The van der Waals surface area contributed by atoms with Gasteiger partial charge in [0.25, 0.3) is 11.7 Å². The summed E-state index contributed by atoms with van der Waals surface area (Å²) in [7, 11) is 0. The highest BCUT2D eigenvalue weighted by Gasteiger charge is 2.47. The Kier molecular flexibility index (Phi) is 7.90. The number of carbonyl (C=O) groups is 2. The second-order valence-electron chi connectivity index (χ2n) is 8.84. The van der Waals surface area contributed by atoms with E-state index in [-0.39, 0.29) is 11.3 Å². The maximum atomic E-state index is 13.1. The fraction of sp³-hybridized carbons (Fsp3) is 0.310. The van der Waals surface area contributed by atoms with E-state index in [1.54, 1.807) is 36.4 Å². The lowest BCUT2D eigenvalue weighted by molar-refractivity contribution is -0.140. The molecule has 1 aliphatic rings. The minimum Gasteiger partial charge on any atom is -0.507 e. The number of nitrogens with zero attached hydrogens (tertiary/aromatic N) is 2. The number of ether oxygens (including phenoxy) is 1. The molecule has 1 saturated heterocycles. The highest BCUT2D eigenvalue weighted by Crippen LogP contribution is 2.39. The molecule has 0 spiro atoms. The number of aliphatic hydroxyl groups is 1. The van der Waals surface area contributed by atoms with Crippen molar-refractivity contribution in [2.24, 2.45) is 0 Å². The van der Waals surface area contributed by atoms with Gasteiger partial charge < -0.3 is 24.1 Å². The number of furan rings is 1. The van der Waals surface area contributed by atoms with E-state index in [1.807, 2.05) is 25.1 Å². The summed E-state index contributed by atoms with van der Waals surface area (Å²) in [5, 5.41) is 11.2. The van der Waals surface area contributed by atoms with Gasteiger partial charge in [-0.25, -0.2) is 0 Å². The molecule has 2 aromatic carbocycles. The molecule has 0 bridgehead atoms. The lowest BCUT2D eigenvalue weighted by Gasteiger charge is -2.26. The van der Waals surface area contributed by atoms with Crippen molar-refractivity contribution in [2.75, 3.05) is 26.2 Å². The first-order valence-electron chi connectivity index (χ1n) is 12.3. The number of rotatable bonds is 10. The number of carbonyl (C=O) groups excluding carboxylic acids is 2. The third-order valence-electron chi connectivity index (χ3n) is 6.52. The molecule has 0 aliphatic carbocycles. The summed E-state index contributed by atoms with van der Waals surface area (Å²) in [6, 6.07) is 17.6. The molecule has 3 aromatic rings. The van der Waals surface area contributed by atoms with Crippen molar-refractivity contribution >= 4 is 17.4 Å². The predicted octanol–water partition coefficient (Wildman–Crippen LogP) is 4.93. The summed E-state index contributed by atoms with van der Waals surface area (Å²) < 4.78 is 11.5. The van der Waals surface area contributed by atoms with E-state index < -0.39 is 17.7 Å². The third kappa shape index (κ3) is 5.36. The number of Topliss-reactive ketones (excluding diaryl/α,β-unsaturated/α-hetero) is 1. The molecule has 1 aliphatic heterocycles. The minimum atomic E-state index is -0.784. The molecular weight excluding hydrogens is 456 g/mol. The quantitative estimate of drug-likeness (QED) is 0.248. The van der Waals surface area contributed by atoms with Crippen molar-refractivity contribution in [3.8, 4) is 5.75 Å². The van der Waals surface area contributed by atoms with E-state index in [0.29, 0.717) is 36.8 Å². The van der Waals surface area contributed by atoms with E-state index in [0.717, 1.165) is 24.2 Å². The van der Waals surface area contributed by atoms with E-state index in [2.05, 4.69) is 24.8 Å². The Bertz CT molecular complexity index is 1230. The van der Waals surface area contributed by atoms with Gasteiger partial charge in [-0.3, -0.25) is 9.59 Å². The Morgan fingerprint density at radius 3 is 2.44 bits per heavy atom. The van der Waals surface area contributed by atoms with Crippen LogP contribution in [0, 0.1) is 6.92 Å². The summed E-state index contributed by atoms with van der Waals surface area (Å²) in [6.45, 7) is 9.19. The molecule has 1 atom stereocenters. The van der Waals surface area contributed by atoms with Gasteiger partial charge >= 0.3 is 0 Å². The lowest BCUT2D eigenvalue weighted by Crippen LogP contribution is -2.37. The third-order valence-corrected chi connectivity index (χ3v) is 6.52. The predicted molar refractivity (Wildman–Crippen MR) is 137 cm³/mol. The summed E-state index contributed by atoms with van der Waals surface area (Å²) in [5.74, 6) is -0.509. The van der Waals surface area contributed by atoms with Crippen LogP contribution in [0.5, 0.6) is 5.75 Å². The van der Waals surface area contributed by atoms with Crippen LogP contribution < -0.4 is 4.74 Å². The number of likely N-dealkylation sites (tertiary alicyclic amines) is 1. The van der Waals surface area contributed by atoms with Crippen LogP contribution in [0.2, 0.25) is 0 Å². The van der Waals surface area contributed by atoms with E-state index in [1.165, 1.54) is 11.2 Å². The number of aliphatic hydroxyl groups excluding tert-OH is 1.